The number of benzene rings is 1. The van der Waals surface area contributed by atoms with Gasteiger partial charge >= 0.3 is 0 Å². The van der Waals surface area contributed by atoms with Gasteiger partial charge in [0.1, 0.15) is 5.75 Å². The molecule has 19 heavy (non-hydrogen) atoms. The van der Waals surface area contributed by atoms with Crippen LogP contribution in [-0.4, -0.2) is 28.5 Å². The third-order valence-electron chi connectivity index (χ3n) is 4.13. The van der Waals surface area contributed by atoms with Crippen LogP contribution in [0.15, 0.2) is 18.2 Å². The number of aliphatic hydroxyl groups is 2. The van der Waals surface area contributed by atoms with Crippen molar-refractivity contribution in [3.8, 4) is 5.75 Å². The molecule has 0 spiro atoms. The summed E-state index contributed by atoms with van der Waals surface area (Å²) in [7, 11) is 0. The van der Waals surface area contributed by atoms with Gasteiger partial charge in [-0.15, -0.1) is 0 Å². The van der Waals surface area contributed by atoms with E-state index in [0.717, 1.165) is 25.1 Å². The fourth-order valence-electron chi connectivity index (χ4n) is 2.85. The van der Waals surface area contributed by atoms with Crippen LogP contribution >= 0.6 is 0 Å². The molecule has 2 unspecified atom stereocenters. The highest BCUT2D eigenvalue weighted by Gasteiger charge is 2.24. The summed E-state index contributed by atoms with van der Waals surface area (Å²) in [5, 5.41) is 31.4. The number of aliphatic hydroxyl groups excluding tert-OH is 2. The van der Waals surface area contributed by atoms with Crippen LogP contribution in [0.25, 0.3) is 0 Å². The lowest BCUT2D eigenvalue weighted by atomic mass is 9.79. The first-order valence-corrected chi connectivity index (χ1v) is 7.02. The zero-order valence-electron chi connectivity index (χ0n) is 11.2. The third-order valence-corrected chi connectivity index (χ3v) is 4.13. The first-order valence-electron chi connectivity index (χ1n) is 7.02. The third kappa shape index (κ3) is 3.61. The molecule has 0 heterocycles. The fourth-order valence-corrected chi connectivity index (χ4v) is 2.85. The zero-order valence-corrected chi connectivity index (χ0v) is 11.2. The molecule has 1 aliphatic rings. The Labute approximate surface area is 114 Å². The average Bonchev–Trinajstić information content (AvgIpc) is 2.45. The number of nitrogens with one attached hydrogen (secondary N) is 1. The molecule has 0 aromatic heterocycles. The summed E-state index contributed by atoms with van der Waals surface area (Å²) in [6.45, 7) is 0.936. The lowest BCUT2D eigenvalue weighted by molar-refractivity contribution is 0.141. The smallest absolute Gasteiger partial charge is 0.123 e. The Hall–Kier alpha value is -1.26. The van der Waals surface area contributed by atoms with Gasteiger partial charge in [-0.2, -0.15) is 0 Å². The van der Waals surface area contributed by atoms with Crippen molar-refractivity contribution in [2.75, 3.05) is 18.5 Å². The van der Waals surface area contributed by atoms with Crippen molar-refractivity contribution >= 4 is 5.69 Å². The molecule has 0 amide bonds. The predicted octanol–water partition coefficient (Wildman–Crippen LogP) is 2.10. The standard InChI is InChI=1S/C15H23NO3/c17-9-12-4-2-1-3-11(12)8-16-14-6-5-13(10-18)15(19)7-14/h5-7,11-12,16-19H,1-4,8-10H2. The van der Waals surface area contributed by atoms with Crippen molar-refractivity contribution in [1.82, 2.24) is 0 Å². The van der Waals surface area contributed by atoms with Crippen LogP contribution in [0.5, 0.6) is 5.75 Å². The van der Waals surface area contributed by atoms with Crippen molar-refractivity contribution in [3.63, 3.8) is 0 Å². The van der Waals surface area contributed by atoms with Gasteiger partial charge in [-0.25, -0.2) is 0 Å². The van der Waals surface area contributed by atoms with Crippen LogP contribution in [0.2, 0.25) is 0 Å². The van der Waals surface area contributed by atoms with Crippen molar-refractivity contribution < 1.29 is 15.3 Å². The molecule has 4 nitrogen and oxygen atoms in total. The van der Waals surface area contributed by atoms with Crippen LogP contribution in [0, 0.1) is 11.8 Å². The first-order chi connectivity index (χ1) is 9.24. The van der Waals surface area contributed by atoms with Crippen LogP contribution in [-0.2, 0) is 6.61 Å². The minimum atomic E-state index is -0.151. The maximum atomic E-state index is 9.69. The van der Waals surface area contributed by atoms with Crippen molar-refractivity contribution in [1.29, 1.82) is 0 Å². The van der Waals surface area contributed by atoms with E-state index >= 15 is 0 Å². The maximum absolute atomic E-state index is 9.69. The maximum Gasteiger partial charge on any atom is 0.123 e. The number of phenols is 1. The van der Waals surface area contributed by atoms with Gasteiger partial charge in [0.15, 0.2) is 0 Å². The van der Waals surface area contributed by atoms with Crippen LogP contribution < -0.4 is 5.32 Å². The van der Waals surface area contributed by atoms with Gasteiger partial charge in [-0.3, -0.25) is 0 Å². The van der Waals surface area contributed by atoms with E-state index in [1.165, 1.54) is 12.8 Å². The Kier molecular flexibility index (Phi) is 5.05. The monoisotopic (exact) mass is 265 g/mol. The minimum absolute atomic E-state index is 0.120. The van der Waals surface area contributed by atoms with E-state index < -0.39 is 0 Å². The summed E-state index contributed by atoms with van der Waals surface area (Å²) in [6, 6.07) is 5.23. The second-order valence-electron chi connectivity index (χ2n) is 5.37. The predicted molar refractivity (Wildman–Crippen MR) is 75.1 cm³/mol. The second kappa shape index (κ2) is 6.78. The molecular weight excluding hydrogens is 242 g/mol. The molecule has 1 aromatic carbocycles. The zero-order chi connectivity index (χ0) is 13.7. The first kappa shape index (κ1) is 14.2. The van der Waals surface area contributed by atoms with Gasteiger partial charge in [0.05, 0.1) is 6.61 Å². The number of aromatic hydroxyl groups is 1. The molecule has 0 radical (unpaired) electrons. The van der Waals surface area contributed by atoms with Crippen LogP contribution in [0.1, 0.15) is 31.2 Å². The molecule has 106 valence electrons. The van der Waals surface area contributed by atoms with Gasteiger partial charge < -0.3 is 20.6 Å². The molecule has 2 rings (SSSR count). The Morgan fingerprint density at radius 1 is 1.11 bits per heavy atom. The van der Waals surface area contributed by atoms with E-state index in [9.17, 15) is 10.2 Å². The van der Waals surface area contributed by atoms with E-state index in [1.807, 2.05) is 6.07 Å². The molecule has 0 saturated heterocycles. The fraction of sp³-hybridized carbons (Fsp3) is 0.600. The molecule has 0 bridgehead atoms. The molecule has 1 aromatic rings. The highest BCUT2D eigenvalue weighted by Crippen LogP contribution is 2.30. The molecule has 1 aliphatic carbocycles. The van der Waals surface area contributed by atoms with Crippen molar-refractivity contribution in [2.24, 2.45) is 11.8 Å². The summed E-state index contributed by atoms with van der Waals surface area (Å²) in [5.74, 6) is 1.01. The SMILES string of the molecule is OCc1ccc(NCC2CCCCC2CO)cc1O. The Bertz CT molecular complexity index is 408. The molecule has 2 atom stereocenters. The molecule has 4 N–H and O–H groups in total. The van der Waals surface area contributed by atoms with E-state index in [4.69, 9.17) is 5.11 Å². The highest BCUT2D eigenvalue weighted by atomic mass is 16.3. The quantitative estimate of drug-likeness (QED) is 0.658. The average molecular weight is 265 g/mol. The van der Waals surface area contributed by atoms with E-state index in [2.05, 4.69) is 5.32 Å². The Balaban J connectivity index is 1.92. The number of hydrogen-bond acceptors (Lipinski definition) is 4. The van der Waals surface area contributed by atoms with Crippen LogP contribution in [0.3, 0.4) is 0 Å². The largest absolute Gasteiger partial charge is 0.508 e. The van der Waals surface area contributed by atoms with Gasteiger partial charge in [-0.05, 0) is 30.7 Å². The minimum Gasteiger partial charge on any atom is -0.508 e. The molecule has 4 heteroatoms. The van der Waals surface area contributed by atoms with Crippen molar-refractivity contribution in [3.05, 3.63) is 23.8 Å². The van der Waals surface area contributed by atoms with Gasteiger partial charge in [0.25, 0.3) is 0 Å². The van der Waals surface area contributed by atoms with Gasteiger partial charge in [0, 0.05) is 30.5 Å². The topological polar surface area (TPSA) is 72.7 Å². The summed E-state index contributed by atoms with van der Waals surface area (Å²) < 4.78 is 0. The number of anilines is 1. The molecule has 0 aliphatic heterocycles. The lowest BCUT2D eigenvalue weighted by Gasteiger charge is -2.30. The van der Waals surface area contributed by atoms with E-state index in [0.29, 0.717) is 17.4 Å². The summed E-state index contributed by atoms with van der Waals surface area (Å²) in [5.41, 5.74) is 1.40. The van der Waals surface area contributed by atoms with Crippen molar-refractivity contribution in [2.45, 2.75) is 32.3 Å². The van der Waals surface area contributed by atoms with Crippen LogP contribution in [0.4, 0.5) is 5.69 Å². The number of rotatable bonds is 5. The second-order valence-corrected chi connectivity index (χ2v) is 5.37. The molecule has 1 fully saturated rings. The molecular formula is C15H23NO3. The number of hydrogen-bond donors (Lipinski definition) is 4. The summed E-state index contributed by atoms with van der Waals surface area (Å²) >= 11 is 0. The highest BCUT2D eigenvalue weighted by molar-refractivity contribution is 5.51. The van der Waals surface area contributed by atoms with Gasteiger partial charge in [0.2, 0.25) is 0 Å². The summed E-state index contributed by atoms with van der Waals surface area (Å²) in [6.07, 6.45) is 4.71. The normalized spacial score (nSPS) is 23.3. The van der Waals surface area contributed by atoms with E-state index in [1.54, 1.807) is 12.1 Å². The Morgan fingerprint density at radius 2 is 1.84 bits per heavy atom. The lowest BCUT2D eigenvalue weighted by Crippen LogP contribution is -2.28. The Morgan fingerprint density at radius 3 is 2.47 bits per heavy atom. The van der Waals surface area contributed by atoms with Gasteiger partial charge in [-0.1, -0.05) is 18.9 Å². The summed E-state index contributed by atoms with van der Waals surface area (Å²) in [4.78, 5) is 0. The molecule has 1 saturated carbocycles. The van der Waals surface area contributed by atoms with E-state index in [-0.39, 0.29) is 19.0 Å².